The molecule has 0 radical (unpaired) electrons. The predicted octanol–water partition coefficient (Wildman–Crippen LogP) is 4.57. The molecule has 0 aliphatic carbocycles. The van der Waals surface area contributed by atoms with Gasteiger partial charge in [-0.3, -0.25) is 4.79 Å². The van der Waals surface area contributed by atoms with E-state index in [9.17, 15) is 4.79 Å². The minimum absolute atomic E-state index is 0.166. The summed E-state index contributed by atoms with van der Waals surface area (Å²) < 4.78 is 0. The van der Waals surface area contributed by atoms with E-state index in [-0.39, 0.29) is 5.78 Å². The molecule has 3 aromatic rings. The molecular weight excluding hydrogens is 244 g/mol. The van der Waals surface area contributed by atoms with Crippen LogP contribution in [0.4, 0.5) is 0 Å². The van der Waals surface area contributed by atoms with Crippen molar-refractivity contribution in [2.75, 3.05) is 0 Å². The minimum atomic E-state index is 0.166. The SMILES string of the molecule is Cc1ccc(CC(=O)c2ccc3ccccc3c2)cc1. The highest BCUT2D eigenvalue weighted by Crippen LogP contribution is 2.17. The minimum Gasteiger partial charge on any atom is -0.294 e. The van der Waals surface area contributed by atoms with E-state index in [2.05, 4.69) is 13.0 Å². The summed E-state index contributed by atoms with van der Waals surface area (Å²) in [5, 5.41) is 2.28. The second-order valence-corrected chi connectivity index (χ2v) is 5.15. The normalized spacial score (nSPS) is 10.7. The van der Waals surface area contributed by atoms with Gasteiger partial charge in [0.25, 0.3) is 0 Å². The second-order valence-electron chi connectivity index (χ2n) is 5.15. The first-order valence-electron chi connectivity index (χ1n) is 6.80. The van der Waals surface area contributed by atoms with E-state index in [4.69, 9.17) is 0 Å². The predicted molar refractivity (Wildman–Crippen MR) is 83.2 cm³/mol. The van der Waals surface area contributed by atoms with Crippen molar-refractivity contribution in [2.24, 2.45) is 0 Å². The summed E-state index contributed by atoms with van der Waals surface area (Å²) >= 11 is 0. The first-order chi connectivity index (χ1) is 9.72. The van der Waals surface area contributed by atoms with Gasteiger partial charge in [0.2, 0.25) is 0 Å². The van der Waals surface area contributed by atoms with Gasteiger partial charge in [0, 0.05) is 12.0 Å². The largest absolute Gasteiger partial charge is 0.294 e. The smallest absolute Gasteiger partial charge is 0.167 e. The number of fused-ring (bicyclic) bond motifs is 1. The van der Waals surface area contributed by atoms with Crippen LogP contribution >= 0.6 is 0 Å². The maximum Gasteiger partial charge on any atom is 0.167 e. The summed E-state index contributed by atoms with van der Waals surface area (Å²) in [4.78, 5) is 12.3. The van der Waals surface area contributed by atoms with Crippen LogP contribution in [0.1, 0.15) is 21.5 Å². The van der Waals surface area contributed by atoms with Crippen LogP contribution in [0, 0.1) is 6.92 Å². The summed E-state index contributed by atoms with van der Waals surface area (Å²) in [6.07, 6.45) is 0.457. The van der Waals surface area contributed by atoms with Crippen LogP contribution in [-0.2, 0) is 6.42 Å². The lowest BCUT2D eigenvalue weighted by atomic mass is 9.99. The van der Waals surface area contributed by atoms with Crippen molar-refractivity contribution in [3.8, 4) is 0 Å². The molecule has 0 aliphatic rings. The number of hydrogen-bond acceptors (Lipinski definition) is 1. The Bertz CT molecular complexity index is 754. The number of Topliss-reactive ketones (excluding diaryl/α,β-unsaturated/α-hetero) is 1. The molecule has 0 spiro atoms. The Morgan fingerprint density at radius 1 is 0.850 bits per heavy atom. The molecule has 98 valence electrons. The van der Waals surface area contributed by atoms with Crippen molar-refractivity contribution in [1.82, 2.24) is 0 Å². The van der Waals surface area contributed by atoms with Crippen LogP contribution in [0.25, 0.3) is 10.8 Å². The number of hydrogen-bond donors (Lipinski definition) is 0. The highest BCUT2D eigenvalue weighted by molar-refractivity contribution is 6.01. The summed E-state index contributed by atoms with van der Waals surface area (Å²) in [6.45, 7) is 2.05. The molecule has 1 nitrogen and oxygen atoms in total. The molecule has 0 N–H and O–H groups in total. The van der Waals surface area contributed by atoms with Gasteiger partial charge < -0.3 is 0 Å². The monoisotopic (exact) mass is 260 g/mol. The molecule has 0 aliphatic heterocycles. The molecular formula is C19H16O. The Labute approximate surface area is 118 Å². The number of benzene rings is 3. The molecule has 0 saturated heterocycles. The van der Waals surface area contributed by atoms with Crippen molar-refractivity contribution in [1.29, 1.82) is 0 Å². The lowest BCUT2D eigenvalue weighted by molar-refractivity contribution is 0.0993. The van der Waals surface area contributed by atoms with E-state index in [0.29, 0.717) is 6.42 Å². The molecule has 3 aromatic carbocycles. The zero-order valence-electron chi connectivity index (χ0n) is 11.5. The molecule has 0 heterocycles. The molecule has 3 rings (SSSR count). The fourth-order valence-corrected chi connectivity index (χ4v) is 2.36. The fourth-order valence-electron chi connectivity index (χ4n) is 2.36. The van der Waals surface area contributed by atoms with Crippen molar-refractivity contribution in [3.63, 3.8) is 0 Å². The van der Waals surface area contributed by atoms with Gasteiger partial charge in [0.1, 0.15) is 0 Å². The van der Waals surface area contributed by atoms with Gasteiger partial charge in [0.05, 0.1) is 0 Å². The number of aryl methyl sites for hydroxylation is 1. The van der Waals surface area contributed by atoms with Gasteiger partial charge in [0.15, 0.2) is 5.78 Å². The molecule has 20 heavy (non-hydrogen) atoms. The zero-order valence-corrected chi connectivity index (χ0v) is 11.5. The van der Waals surface area contributed by atoms with Crippen molar-refractivity contribution < 1.29 is 4.79 Å². The standard InChI is InChI=1S/C19H16O/c1-14-6-8-15(9-7-14)12-19(20)18-11-10-16-4-2-3-5-17(16)13-18/h2-11,13H,12H2,1H3. The molecule has 1 heteroatoms. The maximum atomic E-state index is 12.3. The Morgan fingerprint density at radius 2 is 1.55 bits per heavy atom. The Kier molecular flexibility index (Phi) is 3.34. The van der Waals surface area contributed by atoms with Crippen LogP contribution in [0.5, 0.6) is 0 Å². The van der Waals surface area contributed by atoms with E-state index in [1.165, 1.54) is 10.9 Å². The van der Waals surface area contributed by atoms with E-state index in [0.717, 1.165) is 16.5 Å². The molecule has 0 atom stereocenters. The highest BCUT2D eigenvalue weighted by atomic mass is 16.1. The van der Waals surface area contributed by atoms with Gasteiger partial charge in [-0.05, 0) is 29.3 Å². The van der Waals surface area contributed by atoms with Crippen molar-refractivity contribution in [3.05, 3.63) is 83.4 Å². The first-order valence-corrected chi connectivity index (χ1v) is 6.80. The topological polar surface area (TPSA) is 17.1 Å². The maximum absolute atomic E-state index is 12.3. The highest BCUT2D eigenvalue weighted by Gasteiger charge is 2.07. The van der Waals surface area contributed by atoms with Gasteiger partial charge in [-0.25, -0.2) is 0 Å². The van der Waals surface area contributed by atoms with Crippen LogP contribution in [-0.4, -0.2) is 5.78 Å². The summed E-state index contributed by atoms with van der Waals surface area (Å²) in [5.41, 5.74) is 3.06. The van der Waals surface area contributed by atoms with Gasteiger partial charge >= 0.3 is 0 Å². The molecule has 0 saturated carbocycles. The lowest BCUT2D eigenvalue weighted by Gasteiger charge is -2.04. The number of carbonyl (C=O) groups is 1. The molecule has 0 fully saturated rings. The quantitative estimate of drug-likeness (QED) is 0.630. The second kappa shape index (κ2) is 5.30. The van der Waals surface area contributed by atoms with Gasteiger partial charge in [-0.15, -0.1) is 0 Å². The Morgan fingerprint density at radius 3 is 2.30 bits per heavy atom. The summed E-state index contributed by atoms with van der Waals surface area (Å²) in [7, 11) is 0. The molecule has 0 bridgehead atoms. The Balaban J connectivity index is 1.86. The number of carbonyl (C=O) groups excluding carboxylic acids is 1. The van der Waals surface area contributed by atoms with Crippen LogP contribution in [0.3, 0.4) is 0 Å². The third kappa shape index (κ3) is 2.62. The first kappa shape index (κ1) is 12.6. The molecule has 0 unspecified atom stereocenters. The van der Waals surface area contributed by atoms with Crippen LogP contribution in [0.15, 0.2) is 66.7 Å². The van der Waals surface area contributed by atoms with Crippen LogP contribution < -0.4 is 0 Å². The summed E-state index contributed by atoms with van der Waals surface area (Å²) in [6, 6.07) is 22.1. The van der Waals surface area contributed by atoms with E-state index >= 15 is 0 Å². The van der Waals surface area contributed by atoms with E-state index in [1.807, 2.05) is 60.7 Å². The number of ketones is 1. The number of rotatable bonds is 3. The lowest BCUT2D eigenvalue weighted by Crippen LogP contribution is -2.03. The van der Waals surface area contributed by atoms with E-state index in [1.54, 1.807) is 0 Å². The average Bonchev–Trinajstić information content (AvgIpc) is 2.49. The van der Waals surface area contributed by atoms with Gasteiger partial charge in [-0.2, -0.15) is 0 Å². The van der Waals surface area contributed by atoms with Crippen molar-refractivity contribution in [2.45, 2.75) is 13.3 Å². The third-order valence-electron chi connectivity index (χ3n) is 3.56. The third-order valence-corrected chi connectivity index (χ3v) is 3.56. The fraction of sp³-hybridized carbons (Fsp3) is 0.105. The molecule has 0 amide bonds. The van der Waals surface area contributed by atoms with Crippen molar-refractivity contribution >= 4 is 16.6 Å². The zero-order chi connectivity index (χ0) is 13.9. The van der Waals surface area contributed by atoms with E-state index < -0.39 is 0 Å². The molecule has 0 aromatic heterocycles. The van der Waals surface area contributed by atoms with Gasteiger partial charge in [-0.1, -0.05) is 66.2 Å². The van der Waals surface area contributed by atoms with Crippen LogP contribution in [0.2, 0.25) is 0 Å². The summed E-state index contributed by atoms with van der Waals surface area (Å²) in [5.74, 6) is 0.166. The average molecular weight is 260 g/mol. The Hall–Kier alpha value is -2.41.